The largest absolute Gasteiger partial charge is 0.384 e. The van der Waals surface area contributed by atoms with Gasteiger partial charge in [-0.2, -0.15) is 5.10 Å². The molecule has 1 N–H and O–H groups in total. The molecule has 2 aromatic heterocycles. The second-order valence-corrected chi connectivity index (χ2v) is 10.2. The minimum atomic E-state index is -0.952. The molecule has 28 heavy (non-hydrogen) atoms. The van der Waals surface area contributed by atoms with Crippen molar-refractivity contribution in [1.82, 2.24) is 14.8 Å². The number of hydrogen-bond acceptors (Lipinski definition) is 5. The van der Waals surface area contributed by atoms with E-state index in [0.29, 0.717) is 5.69 Å². The number of hydrogen-bond donors (Lipinski definition) is 1. The molecule has 0 aliphatic heterocycles. The number of thiazole rings is 1. The van der Waals surface area contributed by atoms with Crippen molar-refractivity contribution in [3.63, 3.8) is 0 Å². The van der Waals surface area contributed by atoms with Crippen LogP contribution < -0.4 is 0 Å². The normalized spacial score (nSPS) is 12.4. The van der Waals surface area contributed by atoms with Crippen molar-refractivity contribution in [3.05, 3.63) is 52.5 Å². The average molecular weight is 420 g/mol. The molecule has 0 atom stereocenters. The predicted octanol–water partition coefficient (Wildman–Crippen LogP) is 6.09. The third-order valence-corrected chi connectivity index (χ3v) is 6.37. The summed E-state index contributed by atoms with van der Waals surface area (Å²) in [4.78, 5) is 5.46. The van der Waals surface area contributed by atoms with Gasteiger partial charge in [0.15, 0.2) is 4.34 Å². The predicted molar refractivity (Wildman–Crippen MR) is 113 cm³/mol. The van der Waals surface area contributed by atoms with Crippen LogP contribution in [0.25, 0.3) is 5.69 Å². The summed E-state index contributed by atoms with van der Waals surface area (Å²) >= 11 is 3.01. The molecule has 3 aromatic rings. The Labute approximate surface area is 173 Å². The summed E-state index contributed by atoms with van der Waals surface area (Å²) in [6, 6.07) is 3.22. The van der Waals surface area contributed by atoms with Crippen LogP contribution in [0.4, 0.5) is 4.39 Å². The van der Waals surface area contributed by atoms with Crippen molar-refractivity contribution in [3.8, 4) is 5.69 Å². The summed E-state index contributed by atoms with van der Waals surface area (Å²) in [6.07, 6.45) is 3.76. The van der Waals surface area contributed by atoms with Gasteiger partial charge in [0.25, 0.3) is 0 Å². The molecular weight excluding hydrogens is 393 g/mol. The molecule has 1 aromatic carbocycles. The van der Waals surface area contributed by atoms with E-state index >= 15 is 0 Å². The number of halogens is 1. The first-order valence-electron chi connectivity index (χ1n) is 9.31. The molecule has 150 valence electrons. The molecule has 0 bridgehead atoms. The van der Waals surface area contributed by atoms with Crippen LogP contribution in [-0.2, 0) is 5.60 Å². The highest BCUT2D eigenvalue weighted by Crippen LogP contribution is 2.35. The van der Waals surface area contributed by atoms with E-state index in [1.54, 1.807) is 32.2 Å². The molecule has 0 spiro atoms. The van der Waals surface area contributed by atoms with Crippen LogP contribution in [-0.4, -0.2) is 19.9 Å². The standard InChI is InChI=1S/C21H26FN3OS2/c1-12(2)16-7-14(22)8-17(13(3)4)19(16)25-10-15(9-23-25)28-20-24-18(11-27-20)21(5,6)26/h7-13,26H,1-6H3. The van der Waals surface area contributed by atoms with Crippen LogP contribution in [0.5, 0.6) is 0 Å². The number of benzene rings is 1. The maximum atomic E-state index is 14.2. The van der Waals surface area contributed by atoms with Gasteiger partial charge in [-0.25, -0.2) is 14.1 Å². The molecule has 0 radical (unpaired) electrons. The molecule has 0 saturated carbocycles. The molecule has 0 saturated heterocycles. The van der Waals surface area contributed by atoms with E-state index in [1.165, 1.54) is 23.1 Å². The monoisotopic (exact) mass is 419 g/mol. The lowest BCUT2D eigenvalue weighted by atomic mass is 9.92. The van der Waals surface area contributed by atoms with Crippen LogP contribution >= 0.6 is 23.1 Å². The first kappa shape index (κ1) is 21.0. The van der Waals surface area contributed by atoms with Crippen LogP contribution in [0.1, 0.15) is 70.2 Å². The molecule has 7 heteroatoms. The maximum absolute atomic E-state index is 14.2. The third-order valence-electron chi connectivity index (χ3n) is 4.48. The van der Waals surface area contributed by atoms with Gasteiger partial charge in [0.1, 0.15) is 11.4 Å². The van der Waals surface area contributed by atoms with Gasteiger partial charge in [0.2, 0.25) is 0 Å². The van der Waals surface area contributed by atoms with Crippen LogP contribution in [0.15, 0.2) is 39.1 Å². The minimum absolute atomic E-state index is 0.178. The van der Waals surface area contributed by atoms with Gasteiger partial charge in [-0.05, 0) is 48.9 Å². The van der Waals surface area contributed by atoms with Crippen molar-refractivity contribution in [1.29, 1.82) is 0 Å². The highest BCUT2D eigenvalue weighted by Gasteiger charge is 2.21. The smallest absolute Gasteiger partial charge is 0.155 e. The molecule has 0 fully saturated rings. The van der Waals surface area contributed by atoms with E-state index in [9.17, 15) is 9.50 Å². The Kier molecular flexibility index (Phi) is 5.98. The van der Waals surface area contributed by atoms with E-state index in [2.05, 4.69) is 37.8 Å². The molecule has 2 heterocycles. The second kappa shape index (κ2) is 7.97. The van der Waals surface area contributed by atoms with Gasteiger partial charge in [0.05, 0.1) is 22.5 Å². The topological polar surface area (TPSA) is 50.9 Å². The lowest BCUT2D eigenvalue weighted by molar-refractivity contribution is 0.0741. The Bertz CT molecular complexity index is 941. The van der Waals surface area contributed by atoms with Gasteiger partial charge in [-0.1, -0.05) is 39.5 Å². The van der Waals surface area contributed by atoms with Gasteiger partial charge < -0.3 is 5.11 Å². The zero-order chi connectivity index (χ0) is 20.6. The molecule has 0 unspecified atom stereocenters. The zero-order valence-corrected chi connectivity index (χ0v) is 18.7. The van der Waals surface area contributed by atoms with Crippen molar-refractivity contribution in [2.45, 2.75) is 68.2 Å². The maximum Gasteiger partial charge on any atom is 0.155 e. The lowest BCUT2D eigenvalue weighted by Crippen LogP contribution is -2.15. The fraction of sp³-hybridized carbons (Fsp3) is 0.429. The Hall–Kier alpha value is -1.70. The SMILES string of the molecule is CC(C)c1cc(F)cc(C(C)C)c1-n1cc(Sc2nc(C(C)(C)O)cs2)cn1. The molecule has 0 amide bonds. The minimum Gasteiger partial charge on any atom is -0.384 e. The van der Waals surface area contributed by atoms with E-state index in [4.69, 9.17) is 0 Å². The fourth-order valence-electron chi connectivity index (χ4n) is 2.95. The van der Waals surface area contributed by atoms with Gasteiger partial charge >= 0.3 is 0 Å². The van der Waals surface area contributed by atoms with Crippen molar-refractivity contribution < 1.29 is 9.50 Å². The number of aliphatic hydroxyl groups is 1. The summed E-state index contributed by atoms with van der Waals surface area (Å²) in [5.74, 6) is 0.147. The molecule has 0 aliphatic carbocycles. The van der Waals surface area contributed by atoms with E-state index in [1.807, 2.05) is 16.3 Å². The van der Waals surface area contributed by atoms with Gasteiger partial charge in [-0.3, -0.25) is 0 Å². The van der Waals surface area contributed by atoms with E-state index in [-0.39, 0.29) is 17.7 Å². The van der Waals surface area contributed by atoms with E-state index < -0.39 is 5.60 Å². The fourth-order valence-corrected chi connectivity index (χ4v) is 4.88. The summed E-state index contributed by atoms with van der Waals surface area (Å²) in [5.41, 5.74) is 2.56. The highest BCUT2D eigenvalue weighted by molar-refractivity contribution is 8.01. The van der Waals surface area contributed by atoms with Gasteiger partial charge in [-0.15, -0.1) is 11.3 Å². The molecular formula is C21H26FN3OS2. The van der Waals surface area contributed by atoms with Gasteiger partial charge in [0, 0.05) is 11.6 Å². The van der Waals surface area contributed by atoms with Crippen LogP contribution in [0.3, 0.4) is 0 Å². The second-order valence-electron chi connectivity index (χ2n) is 8.02. The van der Waals surface area contributed by atoms with Crippen LogP contribution in [0.2, 0.25) is 0 Å². The Balaban J connectivity index is 1.97. The number of nitrogens with zero attached hydrogens (tertiary/aromatic N) is 3. The summed E-state index contributed by atoms with van der Waals surface area (Å²) in [5, 5.41) is 16.5. The Morgan fingerprint density at radius 2 is 1.75 bits per heavy atom. The quantitative estimate of drug-likeness (QED) is 0.525. The van der Waals surface area contributed by atoms with E-state index in [0.717, 1.165) is 26.0 Å². The highest BCUT2D eigenvalue weighted by atomic mass is 32.2. The summed E-state index contributed by atoms with van der Waals surface area (Å²) in [6.45, 7) is 11.7. The first-order chi connectivity index (χ1) is 13.1. The zero-order valence-electron chi connectivity index (χ0n) is 17.0. The average Bonchev–Trinajstić information content (AvgIpc) is 3.23. The number of rotatable bonds is 6. The van der Waals surface area contributed by atoms with Crippen LogP contribution in [0, 0.1) is 5.82 Å². The summed E-state index contributed by atoms with van der Waals surface area (Å²) < 4.78 is 16.9. The summed E-state index contributed by atoms with van der Waals surface area (Å²) in [7, 11) is 0. The van der Waals surface area contributed by atoms with Crippen molar-refractivity contribution >= 4 is 23.1 Å². The molecule has 3 rings (SSSR count). The Morgan fingerprint density at radius 1 is 1.14 bits per heavy atom. The van der Waals surface area contributed by atoms with Crippen molar-refractivity contribution in [2.75, 3.05) is 0 Å². The first-order valence-corrected chi connectivity index (χ1v) is 11.0. The lowest BCUT2D eigenvalue weighted by Gasteiger charge is -2.19. The van der Waals surface area contributed by atoms with Crippen molar-refractivity contribution in [2.24, 2.45) is 0 Å². The molecule has 4 nitrogen and oxygen atoms in total. The number of aromatic nitrogens is 3. The Morgan fingerprint density at radius 3 is 2.25 bits per heavy atom. The molecule has 0 aliphatic rings. The third kappa shape index (κ3) is 4.47.